The largest absolute Gasteiger partial charge is 0.218 e. The third-order valence-electron chi connectivity index (χ3n) is 2.70. The lowest BCUT2D eigenvalue weighted by Gasteiger charge is -1.98. The van der Waals surface area contributed by atoms with Crippen LogP contribution in [0.3, 0.4) is 0 Å². The fourth-order valence-corrected chi connectivity index (χ4v) is 4.15. The van der Waals surface area contributed by atoms with Crippen LogP contribution >= 0.6 is 22.6 Å². The summed E-state index contributed by atoms with van der Waals surface area (Å²) < 4.78 is 25.4. The van der Waals surface area contributed by atoms with Crippen molar-refractivity contribution in [2.24, 2.45) is 0 Å². The maximum atomic E-state index is 12.2. The Labute approximate surface area is 107 Å². The third-order valence-corrected chi connectivity index (χ3v) is 5.24. The first kappa shape index (κ1) is 10.3. The Morgan fingerprint density at radius 1 is 0.875 bits per heavy atom. The van der Waals surface area contributed by atoms with Gasteiger partial charge in [0, 0.05) is 14.7 Å². The lowest BCUT2D eigenvalue weighted by Crippen LogP contribution is -1.95. The van der Waals surface area contributed by atoms with E-state index in [1.54, 1.807) is 18.2 Å². The molecule has 0 saturated heterocycles. The van der Waals surface area contributed by atoms with Crippen LogP contribution in [0.5, 0.6) is 0 Å². The van der Waals surface area contributed by atoms with Crippen LogP contribution in [0.2, 0.25) is 0 Å². The number of hydrogen-bond acceptors (Lipinski definition) is 2. The molecule has 2 aromatic carbocycles. The van der Waals surface area contributed by atoms with Gasteiger partial charge in [0.1, 0.15) is 0 Å². The monoisotopic (exact) mass is 342 g/mol. The van der Waals surface area contributed by atoms with E-state index in [0.717, 1.165) is 14.7 Å². The fourth-order valence-electron chi connectivity index (χ4n) is 1.99. The molecule has 80 valence electrons. The Morgan fingerprint density at radius 2 is 1.56 bits per heavy atom. The summed E-state index contributed by atoms with van der Waals surface area (Å²) in [6, 6.07) is 12.6. The Bertz CT molecular complexity index is 690. The summed E-state index contributed by atoms with van der Waals surface area (Å²) in [6.07, 6.45) is 0. The number of fused-ring (bicyclic) bond motifs is 3. The average Bonchev–Trinajstić information content (AvgIpc) is 2.49. The van der Waals surface area contributed by atoms with E-state index in [-0.39, 0.29) is 0 Å². The third kappa shape index (κ3) is 1.26. The molecule has 0 amide bonds. The Hall–Kier alpha value is -0.880. The quantitative estimate of drug-likeness (QED) is 0.589. The Morgan fingerprint density at radius 3 is 2.38 bits per heavy atom. The Balaban J connectivity index is 2.50. The topological polar surface area (TPSA) is 34.1 Å². The average molecular weight is 342 g/mol. The minimum atomic E-state index is -3.29. The molecule has 0 N–H and O–H groups in total. The lowest BCUT2D eigenvalue weighted by molar-refractivity contribution is 0.598. The van der Waals surface area contributed by atoms with Gasteiger partial charge < -0.3 is 0 Å². The van der Waals surface area contributed by atoms with Gasteiger partial charge in [-0.3, -0.25) is 0 Å². The molecule has 16 heavy (non-hydrogen) atoms. The van der Waals surface area contributed by atoms with Gasteiger partial charge >= 0.3 is 0 Å². The van der Waals surface area contributed by atoms with Gasteiger partial charge in [0.15, 0.2) is 0 Å². The van der Waals surface area contributed by atoms with Crippen LogP contribution in [0.25, 0.3) is 11.1 Å². The molecule has 4 heteroatoms. The first-order valence-electron chi connectivity index (χ1n) is 4.75. The second-order valence-corrected chi connectivity index (χ2v) is 6.77. The standard InChI is InChI=1S/C12H7IO2S/c13-8-5-6-12-10(7-8)9-3-1-2-4-11(9)16(12,14)15/h1-7H. The molecule has 0 saturated carbocycles. The van der Waals surface area contributed by atoms with Crippen molar-refractivity contribution in [3.05, 3.63) is 46.0 Å². The Kier molecular flexibility index (Phi) is 2.12. The minimum absolute atomic E-state index is 0.423. The highest BCUT2D eigenvalue weighted by atomic mass is 127. The van der Waals surface area contributed by atoms with E-state index in [1.165, 1.54) is 0 Å². The molecule has 3 rings (SSSR count). The molecule has 1 aliphatic heterocycles. The molecular formula is C12H7IO2S. The van der Waals surface area contributed by atoms with Crippen molar-refractivity contribution in [3.8, 4) is 11.1 Å². The number of halogens is 1. The zero-order valence-electron chi connectivity index (χ0n) is 8.14. The van der Waals surface area contributed by atoms with Crippen molar-refractivity contribution < 1.29 is 8.42 Å². The zero-order valence-corrected chi connectivity index (χ0v) is 11.1. The highest BCUT2D eigenvalue weighted by molar-refractivity contribution is 14.1. The van der Waals surface area contributed by atoms with E-state index in [1.807, 2.05) is 24.3 Å². The van der Waals surface area contributed by atoms with E-state index < -0.39 is 9.84 Å². The molecule has 1 heterocycles. The summed E-state index contributed by atoms with van der Waals surface area (Å²) in [7, 11) is -3.29. The summed E-state index contributed by atoms with van der Waals surface area (Å²) in [6.45, 7) is 0. The summed E-state index contributed by atoms with van der Waals surface area (Å²) in [5.74, 6) is 0. The second kappa shape index (κ2) is 3.30. The molecule has 0 spiro atoms. The van der Waals surface area contributed by atoms with Crippen LogP contribution in [0.15, 0.2) is 52.3 Å². The predicted molar refractivity (Wildman–Crippen MR) is 70.0 cm³/mol. The van der Waals surface area contributed by atoms with Gasteiger partial charge in [0.05, 0.1) is 9.79 Å². The molecule has 0 radical (unpaired) electrons. The van der Waals surface area contributed by atoms with Crippen LogP contribution in [-0.2, 0) is 9.84 Å². The molecule has 0 bridgehead atoms. The van der Waals surface area contributed by atoms with Gasteiger partial charge in [-0.15, -0.1) is 0 Å². The minimum Gasteiger partial charge on any atom is -0.218 e. The second-order valence-electron chi connectivity index (χ2n) is 3.64. The molecule has 2 nitrogen and oxygen atoms in total. The molecule has 0 aromatic heterocycles. The van der Waals surface area contributed by atoms with Crippen molar-refractivity contribution in [1.82, 2.24) is 0 Å². The van der Waals surface area contributed by atoms with Crippen molar-refractivity contribution in [3.63, 3.8) is 0 Å². The number of sulfone groups is 1. The van der Waals surface area contributed by atoms with Crippen LogP contribution in [0.4, 0.5) is 0 Å². The summed E-state index contributed by atoms with van der Waals surface area (Å²) >= 11 is 2.19. The highest BCUT2D eigenvalue weighted by Crippen LogP contribution is 2.43. The van der Waals surface area contributed by atoms with Crippen molar-refractivity contribution in [1.29, 1.82) is 0 Å². The molecule has 2 aromatic rings. The van der Waals surface area contributed by atoms with E-state index in [4.69, 9.17) is 0 Å². The number of rotatable bonds is 0. The number of hydrogen-bond donors (Lipinski definition) is 0. The van der Waals surface area contributed by atoms with Crippen LogP contribution in [0.1, 0.15) is 0 Å². The van der Waals surface area contributed by atoms with Gasteiger partial charge in [-0.25, -0.2) is 8.42 Å². The summed E-state index contributed by atoms with van der Waals surface area (Å²) in [5, 5.41) is 0. The van der Waals surface area contributed by atoms with Gasteiger partial charge in [-0.05, 0) is 46.9 Å². The molecule has 0 unspecified atom stereocenters. The van der Waals surface area contributed by atoms with Crippen LogP contribution < -0.4 is 0 Å². The van der Waals surface area contributed by atoms with Crippen molar-refractivity contribution >= 4 is 32.4 Å². The van der Waals surface area contributed by atoms with Crippen LogP contribution in [0, 0.1) is 3.57 Å². The van der Waals surface area contributed by atoms with E-state index in [9.17, 15) is 8.42 Å². The van der Waals surface area contributed by atoms with Crippen molar-refractivity contribution in [2.45, 2.75) is 9.79 Å². The van der Waals surface area contributed by atoms with Gasteiger partial charge in [0.25, 0.3) is 0 Å². The highest BCUT2D eigenvalue weighted by Gasteiger charge is 2.32. The van der Waals surface area contributed by atoms with Gasteiger partial charge in [-0.2, -0.15) is 0 Å². The molecule has 0 fully saturated rings. The van der Waals surface area contributed by atoms with Gasteiger partial charge in [0.2, 0.25) is 9.84 Å². The van der Waals surface area contributed by atoms with Gasteiger partial charge in [-0.1, -0.05) is 18.2 Å². The van der Waals surface area contributed by atoms with Crippen LogP contribution in [-0.4, -0.2) is 8.42 Å². The zero-order chi connectivity index (χ0) is 11.3. The molecule has 0 atom stereocenters. The first-order valence-corrected chi connectivity index (χ1v) is 7.31. The van der Waals surface area contributed by atoms with E-state index in [2.05, 4.69) is 22.6 Å². The first-order chi connectivity index (χ1) is 7.60. The lowest BCUT2D eigenvalue weighted by atomic mass is 10.1. The maximum Gasteiger partial charge on any atom is 0.207 e. The maximum absolute atomic E-state index is 12.2. The summed E-state index contributed by atoms with van der Waals surface area (Å²) in [5.41, 5.74) is 1.64. The SMILES string of the molecule is O=S1(=O)c2ccccc2-c2cc(I)ccc21. The predicted octanol–water partition coefficient (Wildman–Crippen LogP) is 3.10. The molecule has 0 aliphatic carbocycles. The normalized spacial score (nSPS) is 15.6. The summed E-state index contributed by atoms with van der Waals surface area (Å²) in [4.78, 5) is 0.848. The number of benzene rings is 2. The fraction of sp³-hybridized carbons (Fsp3) is 0. The van der Waals surface area contributed by atoms with E-state index >= 15 is 0 Å². The molecule has 1 aliphatic rings. The van der Waals surface area contributed by atoms with Crippen molar-refractivity contribution in [2.75, 3.05) is 0 Å². The smallest absolute Gasteiger partial charge is 0.207 e. The van der Waals surface area contributed by atoms with E-state index in [0.29, 0.717) is 9.79 Å². The molecular weight excluding hydrogens is 335 g/mol.